The molecule has 0 aliphatic rings. The van der Waals surface area contributed by atoms with Gasteiger partial charge in [-0.25, -0.2) is 8.42 Å². The minimum Gasteiger partial charge on any atom is -0.492 e. The molecule has 8 nitrogen and oxygen atoms in total. The summed E-state index contributed by atoms with van der Waals surface area (Å²) in [4.78, 5) is 29.1. The van der Waals surface area contributed by atoms with E-state index in [-0.39, 0.29) is 23.0 Å². The summed E-state index contributed by atoms with van der Waals surface area (Å²) in [5, 5.41) is 2.76. The number of anilines is 1. The van der Waals surface area contributed by atoms with Crippen molar-refractivity contribution in [1.29, 1.82) is 0 Å². The molecule has 1 atom stereocenters. The van der Waals surface area contributed by atoms with Gasteiger partial charge in [0.05, 0.1) is 17.2 Å². The molecule has 0 saturated carbocycles. The van der Waals surface area contributed by atoms with Crippen molar-refractivity contribution in [2.75, 3.05) is 30.3 Å². The summed E-state index contributed by atoms with van der Waals surface area (Å²) in [5.41, 5.74) is 1.06. The number of carbonyl (C=O) groups excluding carboxylic acids is 2. The van der Waals surface area contributed by atoms with Gasteiger partial charge < -0.3 is 15.0 Å². The summed E-state index contributed by atoms with van der Waals surface area (Å²) < 4.78 is 34.9. The highest BCUT2D eigenvalue weighted by molar-refractivity contribution is 7.98. The van der Waals surface area contributed by atoms with E-state index >= 15 is 0 Å². The molecule has 0 saturated heterocycles. The van der Waals surface area contributed by atoms with Gasteiger partial charge in [-0.15, -0.1) is 11.8 Å². The molecular weight excluding hydrogens is 534 g/mol. The second-order valence-corrected chi connectivity index (χ2v) is 11.4. The maximum Gasteiger partial charge on any atom is 0.264 e. The zero-order valence-electron chi connectivity index (χ0n) is 22.7. The third kappa shape index (κ3) is 7.54. The largest absolute Gasteiger partial charge is 0.492 e. The van der Waals surface area contributed by atoms with Gasteiger partial charge in [-0.1, -0.05) is 42.5 Å². The monoisotopic (exact) mass is 569 g/mol. The average molecular weight is 570 g/mol. The summed E-state index contributed by atoms with van der Waals surface area (Å²) in [6.07, 6.45) is 1.91. The second kappa shape index (κ2) is 14.0. The van der Waals surface area contributed by atoms with Crippen LogP contribution in [0.25, 0.3) is 0 Å². The second-order valence-electron chi connectivity index (χ2n) is 8.67. The smallest absolute Gasteiger partial charge is 0.264 e. The Morgan fingerprint density at radius 1 is 0.949 bits per heavy atom. The lowest BCUT2D eigenvalue weighted by molar-refractivity contribution is -0.139. The number of para-hydroxylation sites is 2. The van der Waals surface area contributed by atoms with E-state index in [9.17, 15) is 18.0 Å². The van der Waals surface area contributed by atoms with Gasteiger partial charge in [0.1, 0.15) is 18.3 Å². The van der Waals surface area contributed by atoms with Crippen LogP contribution in [0, 0.1) is 0 Å². The molecule has 2 amide bonds. The first kappa shape index (κ1) is 30.0. The van der Waals surface area contributed by atoms with E-state index in [0.717, 1.165) is 14.8 Å². The number of ether oxygens (including phenoxy) is 1. The fourth-order valence-electron chi connectivity index (χ4n) is 4.01. The lowest BCUT2D eigenvalue weighted by Gasteiger charge is -2.32. The van der Waals surface area contributed by atoms with Gasteiger partial charge in [0.25, 0.3) is 10.0 Å². The third-order valence-corrected chi connectivity index (χ3v) is 8.59. The Morgan fingerprint density at radius 3 is 2.21 bits per heavy atom. The zero-order valence-corrected chi connectivity index (χ0v) is 24.3. The topological polar surface area (TPSA) is 96.0 Å². The average Bonchev–Trinajstić information content (AvgIpc) is 2.95. The van der Waals surface area contributed by atoms with Crippen molar-refractivity contribution in [3.63, 3.8) is 0 Å². The molecule has 208 valence electrons. The molecule has 0 aliphatic heterocycles. The van der Waals surface area contributed by atoms with Crippen molar-refractivity contribution in [1.82, 2.24) is 10.2 Å². The van der Waals surface area contributed by atoms with Gasteiger partial charge in [0, 0.05) is 18.0 Å². The lowest BCUT2D eigenvalue weighted by Crippen LogP contribution is -2.51. The van der Waals surface area contributed by atoms with Crippen molar-refractivity contribution < 1.29 is 22.7 Å². The molecule has 39 heavy (non-hydrogen) atoms. The molecular formula is C29H35N3O5S2. The Bertz CT molecular complexity index is 1350. The number of thioether (sulfide) groups is 1. The zero-order chi connectivity index (χ0) is 28.4. The van der Waals surface area contributed by atoms with Gasteiger partial charge in [0.2, 0.25) is 11.8 Å². The quantitative estimate of drug-likeness (QED) is 0.303. The molecule has 0 radical (unpaired) electrons. The van der Waals surface area contributed by atoms with Crippen LogP contribution in [0.5, 0.6) is 5.75 Å². The van der Waals surface area contributed by atoms with E-state index in [1.54, 1.807) is 57.2 Å². The Labute approximate surface area is 235 Å². The predicted octanol–water partition coefficient (Wildman–Crippen LogP) is 4.56. The van der Waals surface area contributed by atoms with Gasteiger partial charge in [-0.2, -0.15) is 0 Å². The van der Waals surface area contributed by atoms with Crippen molar-refractivity contribution in [3.8, 4) is 5.75 Å². The fraction of sp³-hybridized carbons (Fsp3) is 0.310. The number of rotatable bonds is 13. The minimum atomic E-state index is -4.18. The Hall–Kier alpha value is -3.50. The van der Waals surface area contributed by atoms with Crippen LogP contribution in [0.2, 0.25) is 0 Å². The summed E-state index contributed by atoms with van der Waals surface area (Å²) in [6.45, 7) is 5.59. The first-order valence-corrected chi connectivity index (χ1v) is 15.4. The highest BCUT2D eigenvalue weighted by atomic mass is 32.2. The number of likely N-dealkylation sites (N-methyl/N-ethyl adjacent to an activating group) is 1. The molecule has 10 heteroatoms. The van der Waals surface area contributed by atoms with E-state index in [4.69, 9.17) is 4.74 Å². The highest BCUT2D eigenvalue weighted by Gasteiger charge is 2.33. The van der Waals surface area contributed by atoms with Gasteiger partial charge in [-0.3, -0.25) is 13.9 Å². The molecule has 1 N–H and O–H groups in total. The molecule has 0 aliphatic carbocycles. The van der Waals surface area contributed by atoms with Gasteiger partial charge in [-0.05, 0) is 69.0 Å². The molecule has 0 spiro atoms. The molecule has 3 aromatic carbocycles. The molecule has 0 aromatic heterocycles. The van der Waals surface area contributed by atoms with Crippen LogP contribution in [0.1, 0.15) is 26.3 Å². The van der Waals surface area contributed by atoms with Crippen molar-refractivity contribution in [2.24, 2.45) is 0 Å². The van der Waals surface area contributed by atoms with E-state index < -0.39 is 28.5 Å². The number of benzene rings is 3. The minimum absolute atomic E-state index is 0.0470. The summed E-state index contributed by atoms with van der Waals surface area (Å²) in [7, 11) is -4.18. The molecule has 0 unspecified atom stereocenters. The highest BCUT2D eigenvalue weighted by Crippen LogP contribution is 2.33. The summed E-state index contributed by atoms with van der Waals surface area (Å²) in [6, 6.07) is 21.7. The van der Waals surface area contributed by atoms with Crippen LogP contribution >= 0.6 is 11.8 Å². The lowest BCUT2D eigenvalue weighted by atomic mass is 10.1. The van der Waals surface area contributed by atoms with E-state index in [0.29, 0.717) is 18.9 Å². The van der Waals surface area contributed by atoms with Crippen LogP contribution in [0.4, 0.5) is 5.69 Å². The normalized spacial score (nSPS) is 11.9. The van der Waals surface area contributed by atoms with Crippen molar-refractivity contribution in [3.05, 3.63) is 84.4 Å². The number of carbonyl (C=O) groups is 2. The maximum absolute atomic E-state index is 14.0. The van der Waals surface area contributed by atoms with Crippen molar-refractivity contribution in [2.45, 2.75) is 43.1 Å². The molecule has 0 heterocycles. The first-order valence-electron chi connectivity index (χ1n) is 12.7. The van der Waals surface area contributed by atoms with Crippen LogP contribution in [0.15, 0.2) is 88.7 Å². The Balaban J connectivity index is 2.07. The van der Waals surface area contributed by atoms with Crippen molar-refractivity contribution >= 4 is 39.3 Å². The fourth-order valence-corrected chi connectivity index (χ4v) is 5.85. The molecule has 3 aromatic rings. The van der Waals surface area contributed by atoms with E-state index in [1.807, 2.05) is 36.6 Å². The van der Waals surface area contributed by atoms with Crippen LogP contribution < -0.4 is 14.4 Å². The molecule has 0 bridgehead atoms. The van der Waals surface area contributed by atoms with Crippen LogP contribution in [0.3, 0.4) is 0 Å². The number of amides is 2. The number of sulfonamides is 1. The van der Waals surface area contributed by atoms with E-state index in [1.165, 1.54) is 28.8 Å². The number of nitrogens with zero attached hydrogens (tertiary/aromatic N) is 2. The number of nitrogens with one attached hydrogen (secondary N) is 1. The van der Waals surface area contributed by atoms with Crippen LogP contribution in [-0.4, -0.2) is 57.1 Å². The number of hydrogen-bond donors (Lipinski definition) is 1. The summed E-state index contributed by atoms with van der Waals surface area (Å²) in [5.74, 6) is -0.504. The SMILES string of the molecule is CCNC(=O)[C@@H](C)N(Cc1ccccc1)C(=O)CN(c1ccccc1OCC)S(=O)(=O)c1ccc(SC)cc1. The molecule has 0 fully saturated rings. The Kier molecular flexibility index (Phi) is 10.8. The third-order valence-electron chi connectivity index (χ3n) is 6.07. The maximum atomic E-state index is 14.0. The van der Waals surface area contributed by atoms with E-state index in [2.05, 4.69) is 5.32 Å². The first-order chi connectivity index (χ1) is 18.7. The molecule has 3 rings (SSSR count). The predicted molar refractivity (Wildman–Crippen MR) is 156 cm³/mol. The standard InChI is InChI=1S/C29H35N3O5S2/c1-5-30-29(34)22(3)31(20-23-12-8-7-9-13-23)28(33)21-32(26-14-10-11-15-27(26)37-6-2)39(35,36)25-18-16-24(38-4)17-19-25/h7-19,22H,5-6,20-21H2,1-4H3,(H,30,34)/t22-/m1/s1. The van der Waals surface area contributed by atoms with Gasteiger partial charge >= 0.3 is 0 Å². The van der Waals surface area contributed by atoms with Crippen LogP contribution in [-0.2, 0) is 26.2 Å². The van der Waals surface area contributed by atoms with Gasteiger partial charge in [0.15, 0.2) is 0 Å². The Morgan fingerprint density at radius 2 is 1.59 bits per heavy atom. The number of hydrogen-bond acceptors (Lipinski definition) is 6. The summed E-state index contributed by atoms with van der Waals surface area (Å²) >= 11 is 1.50.